The molecule has 1 aliphatic heterocycles. The number of hydrogen-bond donors (Lipinski definition) is 1. The van der Waals surface area contributed by atoms with Crippen LogP contribution in [0.1, 0.15) is 40.0 Å². The Bertz CT molecular complexity index is 381. The van der Waals surface area contributed by atoms with Gasteiger partial charge in [0, 0.05) is 13.7 Å². The molecular formula is C14H24N2O3. The van der Waals surface area contributed by atoms with Gasteiger partial charge in [-0.1, -0.05) is 6.92 Å². The monoisotopic (exact) mass is 268 g/mol. The second kappa shape index (κ2) is 5.12. The number of nitrogens with zero attached hydrogens (tertiary/aromatic N) is 1. The number of nitrogens with one attached hydrogen (secondary N) is 1. The molecule has 1 heterocycles. The fourth-order valence-corrected chi connectivity index (χ4v) is 2.88. The molecule has 0 aromatic rings. The van der Waals surface area contributed by atoms with Crippen LogP contribution >= 0.6 is 0 Å². The van der Waals surface area contributed by atoms with Crippen LogP contribution in [0.4, 0.5) is 0 Å². The molecule has 0 aromatic heterocycles. The molecular weight excluding hydrogens is 244 g/mol. The summed E-state index contributed by atoms with van der Waals surface area (Å²) in [6.45, 7) is 6.19. The number of rotatable bonds is 5. The highest BCUT2D eigenvalue weighted by Crippen LogP contribution is 2.42. The summed E-state index contributed by atoms with van der Waals surface area (Å²) in [4.78, 5) is 26.7. The highest BCUT2D eigenvalue weighted by molar-refractivity contribution is 6.00. The molecule has 19 heavy (non-hydrogen) atoms. The zero-order chi connectivity index (χ0) is 14.2. The van der Waals surface area contributed by atoms with Crippen molar-refractivity contribution in [2.75, 3.05) is 13.7 Å². The van der Waals surface area contributed by atoms with E-state index in [1.165, 1.54) is 0 Å². The lowest BCUT2D eigenvalue weighted by Gasteiger charge is -2.45. The summed E-state index contributed by atoms with van der Waals surface area (Å²) in [5.41, 5.74) is -0.712. The van der Waals surface area contributed by atoms with Crippen LogP contribution in [-0.2, 0) is 14.3 Å². The Morgan fingerprint density at radius 3 is 2.58 bits per heavy atom. The molecule has 2 fully saturated rings. The summed E-state index contributed by atoms with van der Waals surface area (Å²) < 4.78 is 5.25. The van der Waals surface area contributed by atoms with Crippen molar-refractivity contribution in [2.24, 2.45) is 5.92 Å². The van der Waals surface area contributed by atoms with E-state index < -0.39 is 5.54 Å². The molecule has 1 aliphatic carbocycles. The maximum Gasteiger partial charge on any atom is 0.249 e. The van der Waals surface area contributed by atoms with Gasteiger partial charge in [-0.15, -0.1) is 0 Å². The standard InChI is InChI=1S/C14H24N2O3/c1-5-11-12(17)15-14(3,10-6-7-10)13(18)16(11)8-9(2)19-4/h9-11H,5-8H2,1-4H3,(H,15,17). The zero-order valence-electron chi connectivity index (χ0n) is 12.2. The Morgan fingerprint density at radius 2 is 2.11 bits per heavy atom. The highest BCUT2D eigenvalue weighted by atomic mass is 16.5. The third-order valence-electron chi connectivity index (χ3n) is 4.40. The number of piperazine rings is 1. The van der Waals surface area contributed by atoms with Gasteiger partial charge in [-0.25, -0.2) is 0 Å². The first-order chi connectivity index (χ1) is 8.93. The molecule has 0 radical (unpaired) electrons. The molecule has 0 bridgehead atoms. The van der Waals surface area contributed by atoms with Gasteiger partial charge in [0.25, 0.3) is 0 Å². The number of methoxy groups -OCH3 is 1. The third kappa shape index (κ3) is 2.48. The lowest BCUT2D eigenvalue weighted by Crippen LogP contribution is -2.70. The zero-order valence-corrected chi connectivity index (χ0v) is 12.2. The maximum atomic E-state index is 12.8. The van der Waals surface area contributed by atoms with Gasteiger partial charge in [0.1, 0.15) is 11.6 Å². The lowest BCUT2D eigenvalue weighted by atomic mass is 9.88. The van der Waals surface area contributed by atoms with E-state index in [4.69, 9.17) is 4.74 Å². The molecule has 5 heteroatoms. The van der Waals surface area contributed by atoms with E-state index >= 15 is 0 Å². The van der Waals surface area contributed by atoms with Gasteiger partial charge in [0.05, 0.1) is 6.10 Å². The third-order valence-corrected chi connectivity index (χ3v) is 4.40. The summed E-state index contributed by atoms with van der Waals surface area (Å²) in [6.07, 6.45) is 2.61. The van der Waals surface area contributed by atoms with Gasteiger partial charge in [-0.2, -0.15) is 0 Å². The summed E-state index contributed by atoms with van der Waals surface area (Å²) in [6, 6.07) is -0.364. The molecule has 2 amide bonds. The van der Waals surface area contributed by atoms with E-state index in [1.807, 2.05) is 20.8 Å². The highest BCUT2D eigenvalue weighted by Gasteiger charge is 2.55. The van der Waals surface area contributed by atoms with Crippen LogP contribution < -0.4 is 5.32 Å². The minimum absolute atomic E-state index is 0.0280. The van der Waals surface area contributed by atoms with Crippen molar-refractivity contribution in [3.05, 3.63) is 0 Å². The topological polar surface area (TPSA) is 58.6 Å². The first-order valence-electron chi connectivity index (χ1n) is 7.10. The number of carbonyl (C=O) groups excluding carboxylic acids is 2. The van der Waals surface area contributed by atoms with Crippen LogP contribution in [0.15, 0.2) is 0 Å². The molecule has 2 rings (SSSR count). The van der Waals surface area contributed by atoms with Crippen molar-refractivity contribution in [3.63, 3.8) is 0 Å². The summed E-state index contributed by atoms with van der Waals surface area (Å²) in [7, 11) is 1.63. The van der Waals surface area contributed by atoms with Gasteiger partial charge in [-0.05, 0) is 39.0 Å². The van der Waals surface area contributed by atoms with Gasteiger partial charge >= 0.3 is 0 Å². The van der Waals surface area contributed by atoms with Crippen molar-refractivity contribution in [1.82, 2.24) is 10.2 Å². The number of ether oxygens (including phenoxy) is 1. The second-order valence-electron chi connectivity index (χ2n) is 5.89. The van der Waals surface area contributed by atoms with Crippen LogP contribution in [-0.4, -0.2) is 48.1 Å². The quantitative estimate of drug-likeness (QED) is 0.807. The lowest BCUT2D eigenvalue weighted by molar-refractivity contribution is -0.157. The molecule has 108 valence electrons. The van der Waals surface area contributed by atoms with Crippen molar-refractivity contribution in [2.45, 2.75) is 57.7 Å². The van der Waals surface area contributed by atoms with Crippen LogP contribution in [0.2, 0.25) is 0 Å². The van der Waals surface area contributed by atoms with E-state index in [-0.39, 0.29) is 24.0 Å². The normalized spacial score (nSPS) is 33.3. The molecule has 3 unspecified atom stereocenters. The largest absolute Gasteiger partial charge is 0.380 e. The summed E-state index contributed by atoms with van der Waals surface area (Å²) in [5, 5.41) is 2.96. The van der Waals surface area contributed by atoms with Crippen molar-refractivity contribution >= 4 is 11.8 Å². The first-order valence-corrected chi connectivity index (χ1v) is 7.10. The summed E-state index contributed by atoms with van der Waals surface area (Å²) >= 11 is 0. The molecule has 0 spiro atoms. The molecule has 1 saturated carbocycles. The van der Waals surface area contributed by atoms with Crippen LogP contribution in [0.3, 0.4) is 0 Å². The maximum absolute atomic E-state index is 12.8. The van der Waals surface area contributed by atoms with Gasteiger partial charge < -0.3 is 15.0 Å². The van der Waals surface area contributed by atoms with E-state index in [0.29, 0.717) is 18.9 Å². The Labute approximate surface area is 114 Å². The fraction of sp³-hybridized carbons (Fsp3) is 0.857. The van der Waals surface area contributed by atoms with Crippen LogP contribution in [0, 0.1) is 5.92 Å². The average molecular weight is 268 g/mol. The second-order valence-corrected chi connectivity index (χ2v) is 5.89. The van der Waals surface area contributed by atoms with Crippen molar-refractivity contribution < 1.29 is 14.3 Å². The van der Waals surface area contributed by atoms with Crippen molar-refractivity contribution in [3.8, 4) is 0 Å². The molecule has 5 nitrogen and oxygen atoms in total. The minimum Gasteiger partial charge on any atom is -0.380 e. The smallest absolute Gasteiger partial charge is 0.249 e. The predicted molar refractivity (Wildman–Crippen MR) is 71.5 cm³/mol. The summed E-state index contributed by atoms with van der Waals surface area (Å²) in [5.74, 6) is 0.312. The van der Waals surface area contributed by atoms with Crippen LogP contribution in [0.5, 0.6) is 0 Å². The number of hydrogen-bond acceptors (Lipinski definition) is 3. The Balaban J connectivity index is 2.23. The fourth-order valence-electron chi connectivity index (χ4n) is 2.88. The molecule has 3 atom stereocenters. The first kappa shape index (κ1) is 14.3. The predicted octanol–water partition coefficient (Wildman–Crippen LogP) is 0.927. The Morgan fingerprint density at radius 1 is 1.47 bits per heavy atom. The number of carbonyl (C=O) groups is 2. The van der Waals surface area contributed by atoms with Crippen molar-refractivity contribution in [1.29, 1.82) is 0 Å². The van der Waals surface area contributed by atoms with Gasteiger partial charge in [0.2, 0.25) is 11.8 Å². The Kier molecular flexibility index (Phi) is 3.85. The van der Waals surface area contributed by atoms with E-state index in [9.17, 15) is 9.59 Å². The van der Waals surface area contributed by atoms with Crippen LogP contribution in [0.25, 0.3) is 0 Å². The van der Waals surface area contributed by atoms with E-state index in [1.54, 1.807) is 12.0 Å². The van der Waals surface area contributed by atoms with E-state index in [0.717, 1.165) is 12.8 Å². The molecule has 0 aromatic carbocycles. The molecule has 2 aliphatic rings. The molecule has 1 N–H and O–H groups in total. The number of amides is 2. The average Bonchev–Trinajstić information content (AvgIpc) is 3.20. The van der Waals surface area contributed by atoms with E-state index in [2.05, 4.69) is 5.32 Å². The van der Waals surface area contributed by atoms with Gasteiger partial charge in [0.15, 0.2) is 0 Å². The molecule has 1 saturated heterocycles. The minimum atomic E-state index is -0.712. The SMILES string of the molecule is CCC1C(=O)NC(C)(C2CC2)C(=O)N1CC(C)OC. The Hall–Kier alpha value is -1.10. The van der Waals surface area contributed by atoms with Gasteiger partial charge in [-0.3, -0.25) is 9.59 Å².